The van der Waals surface area contributed by atoms with Gasteiger partial charge in [-0.25, -0.2) is 4.79 Å². The van der Waals surface area contributed by atoms with Crippen molar-refractivity contribution >= 4 is 29.5 Å². The van der Waals surface area contributed by atoms with Gasteiger partial charge in [-0.15, -0.1) is 0 Å². The van der Waals surface area contributed by atoms with Crippen LogP contribution in [0.25, 0.3) is 0 Å². The van der Waals surface area contributed by atoms with Crippen molar-refractivity contribution in [2.24, 2.45) is 0 Å². The van der Waals surface area contributed by atoms with Crippen LogP contribution in [0.4, 0.5) is 4.79 Å². The summed E-state index contributed by atoms with van der Waals surface area (Å²) in [4.78, 5) is 13.9. The lowest BCUT2D eigenvalue weighted by Gasteiger charge is -2.30. The molecule has 158 valence electrons. The summed E-state index contributed by atoms with van der Waals surface area (Å²) < 4.78 is 5.28. The Morgan fingerprint density at radius 1 is 1.14 bits per heavy atom. The number of aliphatic hydroxyl groups excluding tert-OH is 1. The van der Waals surface area contributed by atoms with Crippen molar-refractivity contribution in [1.29, 1.82) is 0 Å². The predicted octanol–water partition coefficient (Wildman–Crippen LogP) is 5.41. The van der Waals surface area contributed by atoms with Gasteiger partial charge < -0.3 is 20.3 Å². The Morgan fingerprint density at radius 2 is 1.83 bits per heavy atom. The molecule has 0 saturated carbocycles. The number of aromatic hydroxyl groups is 1. The maximum atomic E-state index is 12.1. The quantitative estimate of drug-likeness (QED) is 0.540. The van der Waals surface area contributed by atoms with Gasteiger partial charge in [0.25, 0.3) is 0 Å². The Hall–Kier alpha value is -1.89. The molecule has 0 bridgehead atoms. The van der Waals surface area contributed by atoms with Gasteiger partial charge in [-0.1, -0.05) is 35.5 Å². The zero-order chi connectivity index (χ0) is 21.7. The lowest BCUT2D eigenvalue weighted by atomic mass is 9.94. The molecule has 0 aliphatic rings. The van der Waals surface area contributed by atoms with E-state index in [9.17, 15) is 15.0 Å². The van der Waals surface area contributed by atoms with Crippen molar-refractivity contribution in [1.82, 2.24) is 5.32 Å². The highest BCUT2D eigenvalue weighted by Gasteiger charge is 2.28. The van der Waals surface area contributed by atoms with E-state index in [4.69, 9.17) is 16.3 Å². The van der Waals surface area contributed by atoms with Gasteiger partial charge in [0.05, 0.1) is 12.1 Å². The molecular weight excluding hydrogens is 410 g/mol. The maximum absolute atomic E-state index is 12.1. The number of hydrogen-bond donors (Lipinski definition) is 3. The number of alkyl carbamates (subject to hydrolysis) is 1. The number of halogens is 1. The first kappa shape index (κ1) is 23.4. The Labute approximate surface area is 181 Å². The number of aryl methyl sites for hydroxylation is 1. The normalized spacial score (nSPS) is 13.6. The number of carbonyl (C=O) groups is 1. The van der Waals surface area contributed by atoms with Crippen LogP contribution in [0.2, 0.25) is 5.02 Å². The van der Waals surface area contributed by atoms with E-state index in [-0.39, 0.29) is 12.4 Å². The van der Waals surface area contributed by atoms with Gasteiger partial charge in [0, 0.05) is 14.8 Å². The van der Waals surface area contributed by atoms with E-state index in [1.807, 2.05) is 24.3 Å². The number of nitrogens with one attached hydrogen (secondary N) is 1. The lowest BCUT2D eigenvalue weighted by Crippen LogP contribution is -2.50. The minimum absolute atomic E-state index is 0.213. The summed E-state index contributed by atoms with van der Waals surface area (Å²) in [6.45, 7) is 6.93. The third-order valence-electron chi connectivity index (χ3n) is 4.18. The fourth-order valence-corrected chi connectivity index (χ4v) is 3.87. The highest BCUT2D eigenvalue weighted by Crippen LogP contribution is 2.33. The molecule has 2 rings (SSSR count). The number of carbonyl (C=O) groups excluding carboxylic acids is 1. The van der Waals surface area contributed by atoms with E-state index >= 15 is 0 Å². The average Bonchev–Trinajstić information content (AvgIpc) is 2.59. The largest absolute Gasteiger partial charge is 0.508 e. The predicted molar refractivity (Wildman–Crippen MR) is 117 cm³/mol. The number of hydrogen-bond acceptors (Lipinski definition) is 5. The molecule has 1 atom stereocenters. The van der Waals surface area contributed by atoms with Crippen molar-refractivity contribution in [2.75, 3.05) is 6.61 Å². The van der Waals surface area contributed by atoms with Gasteiger partial charge >= 0.3 is 6.09 Å². The molecule has 2 aromatic carbocycles. The van der Waals surface area contributed by atoms with E-state index in [2.05, 4.69) is 5.32 Å². The molecule has 0 aromatic heterocycles. The Kier molecular flexibility index (Phi) is 7.86. The van der Waals surface area contributed by atoms with Crippen LogP contribution in [0.5, 0.6) is 5.75 Å². The van der Waals surface area contributed by atoms with Crippen molar-refractivity contribution in [3.8, 4) is 5.75 Å². The second-order valence-electron chi connectivity index (χ2n) is 8.20. The van der Waals surface area contributed by atoms with Crippen molar-refractivity contribution in [3.05, 3.63) is 53.1 Å². The standard InChI is InChI=1S/C22H28ClNO4S/c1-21(2,3)28-20(27)24-22(4,14-25)11-10-15-8-9-18(13-19(15)23)29-17-7-5-6-16(26)12-17/h5-9,12-13,25-26H,10-11,14H2,1-4H3,(H,24,27)/t22-/m0/s1. The van der Waals surface area contributed by atoms with Crippen molar-refractivity contribution < 1.29 is 19.7 Å². The summed E-state index contributed by atoms with van der Waals surface area (Å²) in [5, 5.41) is 22.7. The van der Waals surface area contributed by atoms with Crippen LogP contribution in [-0.2, 0) is 11.2 Å². The zero-order valence-electron chi connectivity index (χ0n) is 17.2. The molecule has 0 saturated heterocycles. The topological polar surface area (TPSA) is 78.8 Å². The molecule has 0 aliphatic heterocycles. The second kappa shape index (κ2) is 9.74. The molecule has 0 spiro atoms. The number of aliphatic hydroxyl groups is 1. The summed E-state index contributed by atoms with van der Waals surface area (Å²) in [5.41, 5.74) is -0.495. The van der Waals surface area contributed by atoms with Crippen LogP contribution in [0.3, 0.4) is 0 Å². The summed E-state index contributed by atoms with van der Waals surface area (Å²) in [6, 6.07) is 12.8. The molecule has 2 aromatic rings. The Morgan fingerprint density at radius 3 is 2.41 bits per heavy atom. The van der Waals surface area contributed by atoms with Crippen molar-refractivity contribution in [2.45, 2.75) is 61.5 Å². The minimum Gasteiger partial charge on any atom is -0.508 e. The fourth-order valence-electron chi connectivity index (χ4n) is 2.62. The van der Waals surface area contributed by atoms with E-state index in [0.29, 0.717) is 17.9 Å². The number of phenolic OH excluding ortho intramolecular Hbond substituents is 1. The van der Waals surface area contributed by atoms with Gasteiger partial charge in [-0.05, 0) is 76.4 Å². The smallest absolute Gasteiger partial charge is 0.408 e. The van der Waals surface area contributed by atoms with Gasteiger partial charge in [0.1, 0.15) is 11.4 Å². The number of rotatable bonds is 7. The maximum Gasteiger partial charge on any atom is 0.408 e. The Bertz CT molecular complexity index is 853. The first-order valence-electron chi connectivity index (χ1n) is 9.37. The van der Waals surface area contributed by atoms with E-state index < -0.39 is 17.2 Å². The fraction of sp³-hybridized carbons (Fsp3) is 0.409. The molecule has 7 heteroatoms. The molecule has 3 N–H and O–H groups in total. The molecule has 0 radical (unpaired) electrons. The molecule has 29 heavy (non-hydrogen) atoms. The first-order chi connectivity index (χ1) is 13.5. The Balaban J connectivity index is 2.00. The highest BCUT2D eigenvalue weighted by atomic mass is 35.5. The van der Waals surface area contributed by atoms with Crippen LogP contribution in [0.15, 0.2) is 52.3 Å². The number of ether oxygens (including phenoxy) is 1. The SMILES string of the molecule is CC(C)(C)OC(=O)N[C@](C)(CO)CCc1ccc(Sc2cccc(O)c2)cc1Cl. The summed E-state index contributed by atoms with van der Waals surface area (Å²) in [5.74, 6) is 0.221. The molecule has 0 unspecified atom stereocenters. The molecule has 0 aliphatic carbocycles. The second-order valence-corrected chi connectivity index (χ2v) is 9.75. The monoisotopic (exact) mass is 437 g/mol. The number of phenols is 1. The van der Waals surface area contributed by atoms with Gasteiger partial charge in [-0.2, -0.15) is 0 Å². The van der Waals surface area contributed by atoms with Crippen LogP contribution in [0, 0.1) is 0 Å². The van der Waals surface area contributed by atoms with Gasteiger partial charge in [-0.3, -0.25) is 0 Å². The van der Waals surface area contributed by atoms with E-state index in [1.165, 1.54) is 11.8 Å². The van der Waals surface area contributed by atoms with E-state index in [1.54, 1.807) is 45.9 Å². The number of amides is 1. The molecular formula is C22H28ClNO4S. The minimum atomic E-state index is -0.819. The lowest BCUT2D eigenvalue weighted by molar-refractivity contribution is 0.0407. The summed E-state index contributed by atoms with van der Waals surface area (Å²) in [6.07, 6.45) is 0.530. The van der Waals surface area contributed by atoms with Gasteiger partial charge in [0.2, 0.25) is 0 Å². The summed E-state index contributed by atoms with van der Waals surface area (Å²) in [7, 11) is 0. The van der Waals surface area contributed by atoms with Crippen LogP contribution >= 0.6 is 23.4 Å². The third-order valence-corrected chi connectivity index (χ3v) is 5.51. The zero-order valence-corrected chi connectivity index (χ0v) is 18.7. The van der Waals surface area contributed by atoms with E-state index in [0.717, 1.165) is 15.4 Å². The van der Waals surface area contributed by atoms with Crippen molar-refractivity contribution in [3.63, 3.8) is 0 Å². The molecule has 1 amide bonds. The third kappa shape index (κ3) is 7.80. The van der Waals surface area contributed by atoms with Gasteiger partial charge in [0.15, 0.2) is 0 Å². The molecule has 0 fully saturated rings. The van der Waals surface area contributed by atoms with Crippen LogP contribution in [-0.4, -0.2) is 34.1 Å². The highest BCUT2D eigenvalue weighted by molar-refractivity contribution is 7.99. The van der Waals surface area contributed by atoms with Crippen LogP contribution in [0.1, 0.15) is 39.7 Å². The van der Waals surface area contributed by atoms with Crippen LogP contribution < -0.4 is 5.32 Å². The molecule has 5 nitrogen and oxygen atoms in total. The molecule has 0 heterocycles. The summed E-state index contributed by atoms with van der Waals surface area (Å²) >= 11 is 7.96. The first-order valence-corrected chi connectivity index (χ1v) is 10.6. The average molecular weight is 438 g/mol. The number of benzene rings is 2.